The molecule has 0 bridgehead atoms. The number of benzene rings is 1. The fourth-order valence-corrected chi connectivity index (χ4v) is 2.61. The van der Waals surface area contributed by atoms with Crippen LogP contribution in [0.1, 0.15) is 32.4 Å². The highest BCUT2D eigenvalue weighted by Crippen LogP contribution is 2.29. The summed E-state index contributed by atoms with van der Waals surface area (Å²) >= 11 is 0. The largest absolute Gasteiger partial charge is 0.508 e. The summed E-state index contributed by atoms with van der Waals surface area (Å²) in [5, 5.41) is 13.4. The van der Waals surface area contributed by atoms with Crippen LogP contribution in [-0.2, 0) is 0 Å². The van der Waals surface area contributed by atoms with Crippen molar-refractivity contribution in [3.05, 3.63) is 23.8 Å². The van der Waals surface area contributed by atoms with E-state index in [2.05, 4.69) is 49.1 Å². The van der Waals surface area contributed by atoms with E-state index in [4.69, 9.17) is 0 Å². The molecule has 0 saturated carbocycles. The van der Waals surface area contributed by atoms with Crippen LogP contribution >= 0.6 is 0 Å². The van der Waals surface area contributed by atoms with Crippen LogP contribution in [0.3, 0.4) is 0 Å². The predicted molar refractivity (Wildman–Crippen MR) is 86.6 cm³/mol. The number of phenolic OH excluding ortho intramolecular Hbond substituents is 1. The van der Waals surface area contributed by atoms with Crippen LogP contribution in [0.15, 0.2) is 18.2 Å². The van der Waals surface area contributed by atoms with Gasteiger partial charge in [-0.25, -0.2) is 0 Å². The summed E-state index contributed by atoms with van der Waals surface area (Å²) in [7, 11) is 6.06. The second-order valence-electron chi connectivity index (χ2n) is 5.65. The van der Waals surface area contributed by atoms with Crippen LogP contribution in [0.5, 0.6) is 5.75 Å². The van der Waals surface area contributed by atoms with Crippen molar-refractivity contribution in [2.45, 2.75) is 32.9 Å². The molecule has 0 radical (unpaired) electrons. The Morgan fingerprint density at radius 3 is 2.35 bits per heavy atom. The molecule has 0 saturated heterocycles. The summed E-state index contributed by atoms with van der Waals surface area (Å²) in [4.78, 5) is 4.50. The molecule has 0 amide bonds. The van der Waals surface area contributed by atoms with E-state index in [0.29, 0.717) is 11.8 Å². The van der Waals surface area contributed by atoms with Gasteiger partial charge in [0.1, 0.15) is 5.75 Å². The number of rotatable bonds is 7. The topological polar surface area (TPSA) is 38.7 Å². The Morgan fingerprint density at radius 2 is 1.90 bits per heavy atom. The van der Waals surface area contributed by atoms with Crippen LogP contribution in [0.2, 0.25) is 0 Å². The molecule has 0 aliphatic rings. The first-order chi connectivity index (χ1) is 9.40. The third-order valence-electron chi connectivity index (χ3n) is 3.75. The van der Waals surface area contributed by atoms with Crippen molar-refractivity contribution in [3.63, 3.8) is 0 Å². The van der Waals surface area contributed by atoms with E-state index in [0.717, 1.165) is 24.3 Å². The average Bonchev–Trinajstić information content (AvgIpc) is 2.38. The SMILES string of the molecule is CCN(c1ccc(C(C)NC)c(O)c1)C(C)CN(C)C. The maximum Gasteiger partial charge on any atom is 0.122 e. The normalized spacial score (nSPS) is 14.3. The first kappa shape index (κ1) is 16.8. The number of likely N-dealkylation sites (N-methyl/N-ethyl adjacent to an activating group) is 2. The molecule has 1 rings (SSSR count). The lowest BCUT2D eigenvalue weighted by Crippen LogP contribution is -2.40. The number of anilines is 1. The molecule has 1 aromatic carbocycles. The summed E-state index contributed by atoms with van der Waals surface area (Å²) in [5.74, 6) is 0.361. The van der Waals surface area contributed by atoms with Crippen molar-refractivity contribution in [2.75, 3.05) is 39.1 Å². The molecule has 0 spiro atoms. The van der Waals surface area contributed by atoms with Gasteiger partial charge in [-0.2, -0.15) is 0 Å². The van der Waals surface area contributed by atoms with Gasteiger partial charge in [0.25, 0.3) is 0 Å². The van der Waals surface area contributed by atoms with E-state index in [-0.39, 0.29) is 6.04 Å². The highest BCUT2D eigenvalue weighted by molar-refractivity contribution is 5.54. The van der Waals surface area contributed by atoms with Gasteiger partial charge in [0.2, 0.25) is 0 Å². The lowest BCUT2D eigenvalue weighted by atomic mass is 10.1. The summed E-state index contributed by atoms with van der Waals surface area (Å²) in [5.41, 5.74) is 2.01. The molecule has 4 nitrogen and oxygen atoms in total. The zero-order valence-electron chi connectivity index (χ0n) is 13.6. The molecule has 0 aromatic heterocycles. The fourth-order valence-electron chi connectivity index (χ4n) is 2.61. The molecule has 4 heteroatoms. The number of aromatic hydroxyl groups is 1. The predicted octanol–water partition coefficient (Wildman–Crippen LogP) is 2.45. The van der Waals surface area contributed by atoms with Gasteiger partial charge >= 0.3 is 0 Å². The van der Waals surface area contributed by atoms with Crippen LogP contribution in [0, 0.1) is 0 Å². The van der Waals surface area contributed by atoms with Gasteiger partial charge in [0.05, 0.1) is 0 Å². The molecule has 2 N–H and O–H groups in total. The third-order valence-corrected chi connectivity index (χ3v) is 3.75. The second-order valence-corrected chi connectivity index (χ2v) is 5.65. The Hall–Kier alpha value is -1.26. The van der Waals surface area contributed by atoms with E-state index in [1.165, 1.54) is 0 Å². The van der Waals surface area contributed by atoms with Crippen molar-refractivity contribution < 1.29 is 5.11 Å². The monoisotopic (exact) mass is 279 g/mol. The van der Waals surface area contributed by atoms with E-state index < -0.39 is 0 Å². The quantitative estimate of drug-likeness (QED) is 0.804. The maximum absolute atomic E-state index is 10.2. The van der Waals surface area contributed by atoms with Gasteiger partial charge in [-0.05, 0) is 48.0 Å². The molecule has 2 atom stereocenters. The Labute approximate surface area is 123 Å². The van der Waals surface area contributed by atoms with Gasteiger partial charge in [0, 0.05) is 42.5 Å². The summed E-state index contributed by atoms with van der Waals surface area (Å²) in [6.07, 6.45) is 0. The van der Waals surface area contributed by atoms with Gasteiger partial charge in [-0.3, -0.25) is 0 Å². The van der Waals surface area contributed by atoms with Crippen molar-refractivity contribution >= 4 is 5.69 Å². The van der Waals surface area contributed by atoms with Crippen molar-refractivity contribution in [1.82, 2.24) is 10.2 Å². The second kappa shape index (κ2) is 7.50. The van der Waals surface area contributed by atoms with Gasteiger partial charge < -0.3 is 20.2 Å². The first-order valence-corrected chi connectivity index (χ1v) is 7.32. The highest BCUT2D eigenvalue weighted by Gasteiger charge is 2.16. The lowest BCUT2D eigenvalue weighted by Gasteiger charge is -2.32. The molecule has 1 aromatic rings. The zero-order valence-corrected chi connectivity index (χ0v) is 13.6. The van der Waals surface area contributed by atoms with Gasteiger partial charge in [-0.1, -0.05) is 6.07 Å². The number of nitrogens with one attached hydrogen (secondary N) is 1. The Morgan fingerprint density at radius 1 is 1.25 bits per heavy atom. The molecule has 20 heavy (non-hydrogen) atoms. The van der Waals surface area contributed by atoms with Crippen molar-refractivity contribution in [1.29, 1.82) is 0 Å². The summed E-state index contributed by atoms with van der Waals surface area (Å²) in [6.45, 7) is 8.32. The van der Waals surface area contributed by atoms with Crippen molar-refractivity contribution in [2.24, 2.45) is 0 Å². The summed E-state index contributed by atoms with van der Waals surface area (Å²) < 4.78 is 0. The number of nitrogens with zero attached hydrogens (tertiary/aromatic N) is 2. The maximum atomic E-state index is 10.2. The molecular weight excluding hydrogens is 250 g/mol. The Kier molecular flexibility index (Phi) is 6.30. The minimum Gasteiger partial charge on any atom is -0.508 e. The van der Waals surface area contributed by atoms with E-state index in [1.807, 2.05) is 26.1 Å². The Bertz CT molecular complexity index is 420. The van der Waals surface area contributed by atoms with Crippen molar-refractivity contribution in [3.8, 4) is 5.75 Å². The van der Waals surface area contributed by atoms with Gasteiger partial charge in [-0.15, -0.1) is 0 Å². The standard InChI is InChI=1S/C16H29N3O/c1-7-19(12(2)11-18(5)6)14-8-9-15(13(3)17-4)16(20)10-14/h8-10,12-13,17,20H,7,11H2,1-6H3. The minimum atomic E-state index is 0.151. The van der Waals surface area contributed by atoms with E-state index in [9.17, 15) is 5.11 Å². The van der Waals surface area contributed by atoms with Crippen LogP contribution < -0.4 is 10.2 Å². The number of hydrogen-bond donors (Lipinski definition) is 2. The molecule has 2 unspecified atom stereocenters. The van der Waals surface area contributed by atoms with Crippen LogP contribution in [-0.4, -0.2) is 50.3 Å². The van der Waals surface area contributed by atoms with E-state index >= 15 is 0 Å². The molecule has 114 valence electrons. The number of phenols is 1. The van der Waals surface area contributed by atoms with Crippen LogP contribution in [0.4, 0.5) is 5.69 Å². The highest BCUT2D eigenvalue weighted by atomic mass is 16.3. The molecule has 0 fully saturated rings. The molecule has 0 aliphatic heterocycles. The third kappa shape index (κ3) is 4.12. The molecule has 0 heterocycles. The lowest BCUT2D eigenvalue weighted by molar-refractivity contribution is 0.372. The summed E-state index contributed by atoms with van der Waals surface area (Å²) in [6, 6.07) is 6.54. The minimum absolute atomic E-state index is 0.151. The number of hydrogen-bond acceptors (Lipinski definition) is 4. The zero-order chi connectivity index (χ0) is 15.3. The Balaban J connectivity index is 2.97. The first-order valence-electron chi connectivity index (χ1n) is 7.32. The smallest absolute Gasteiger partial charge is 0.122 e. The van der Waals surface area contributed by atoms with E-state index in [1.54, 1.807) is 0 Å². The van der Waals surface area contributed by atoms with Gasteiger partial charge in [0.15, 0.2) is 0 Å². The van der Waals surface area contributed by atoms with Crippen LogP contribution in [0.25, 0.3) is 0 Å². The average molecular weight is 279 g/mol. The molecular formula is C16H29N3O. The fraction of sp³-hybridized carbons (Fsp3) is 0.625. The molecule has 0 aliphatic carbocycles.